The van der Waals surface area contributed by atoms with E-state index in [9.17, 15) is 0 Å². The first-order valence-electron chi connectivity index (χ1n) is 3.57. The van der Waals surface area contributed by atoms with Crippen molar-refractivity contribution in [1.82, 2.24) is 0 Å². The van der Waals surface area contributed by atoms with E-state index in [4.69, 9.17) is 16.0 Å². The molecule has 0 aliphatic carbocycles. The molecule has 0 spiro atoms. The predicted molar refractivity (Wildman–Crippen MR) is 53.0 cm³/mol. The first-order valence-corrected chi connectivity index (χ1v) is 4.86. The highest BCUT2D eigenvalue weighted by molar-refractivity contribution is 6.47. The Bertz CT molecular complexity index is 262. The van der Waals surface area contributed by atoms with Gasteiger partial charge in [-0.2, -0.15) is 0 Å². The van der Waals surface area contributed by atoms with E-state index in [0.717, 1.165) is 10.2 Å². The third-order valence-electron chi connectivity index (χ3n) is 1.22. The van der Waals surface area contributed by atoms with E-state index in [-0.39, 0.29) is 0 Å². The lowest BCUT2D eigenvalue weighted by molar-refractivity contribution is 0.393. The van der Waals surface area contributed by atoms with Gasteiger partial charge in [0.1, 0.15) is 0 Å². The minimum atomic E-state index is 0.352. The van der Waals surface area contributed by atoms with Gasteiger partial charge in [-0.1, -0.05) is 29.8 Å². The molecular weight excluding hydrogens is 188 g/mol. The first-order chi connectivity index (χ1) is 5.83. The van der Waals surface area contributed by atoms with Gasteiger partial charge in [0.05, 0.1) is 6.61 Å². The fraction of sp³-hybridized carbons (Fsp3) is 0.111. The second kappa shape index (κ2) is 5.14. The summed E-state index contributed by atoms with van der Waals surface area (Å²) >= 11 is 5.79. The molecule has 62 valence electrons. The summed E-state index contributed by atoms with van der Waals surface area (Å²) < 4.78 is 5.27. The fourth-order valence-corrected chi connectivity index (χ4v) is 1.76. The third-order valence-corrected chi connectivity index (χ3v) is 2.31. The van der Waals surface area contributed by atoms with Gasteiger partial charge in [-0.05, 0) is 17.3 Å². The van der Waals surface area contributed by atoms with Crippen molar-refractivity contribution in [3.63, 3.8) is 0 Å². The molecule has 0 unspecified atom stereocenters. The lowest BCUT2D eigenvalue weighted by Crippen LogP contribution is -2.16. The number of benzene rings is 1. The molecule has 2 radical (unpaired) electrons. The summed E-state index contributed by atoms with van der Waals surface area (Å²) in [6.45, 7) is 4.15. The fourth-order valence-electron chi connectivity index (χ4n) is 0.736. The largest absolute Gasteiger partial charge is 0.408 e. The third kappa shape index (κ3) is 3.22. The minimum absolute atomic E-state index is 0.352. The van der Waals surface area contributed by atoms with Crippen molar-refractivity contribution in [3.05, 3.63) is 41.9 Å². The van der Waals surface area contributed by atoms with Crippen LogP contribution in [-0.4, -0.2) is 16.4 Å². The zero-order valence-corrected chi connectivity index (χ0v) is 8.34. The molecule has 1 aromatic rings. The van der Waals surface area contributed by atoms with E-state index >= 15 is 0 Å². The monoisotopic (exact) mass is 196 g/mol. The molecule has 0 N–H and O–H groups in total. The molecular formula is C9H9ClOSi. The second-order valence-electron chi connectivity index (χ2n) is 2.21. The molecule has 3 heteroatoms. The predicted octanol–water partition coefficient (Wildman–Crippen LogP) is 1.79. The molecule has 0 amide bonds. The lowest BCUT2D eigenvalue weighted by atomic mass is 10.4. The molecule has 0 bridgehead atoms. The van der Waals surface area contributed by atoms with E-state index in [2.05, 4.69) is 6.58 Å². The van der Waals surface area contributed by atoms with Gasteiger partial charge in [-0.15, -0.1) is 6.58 Å². The Balaban J connectivity index is 2.46. The Hall–Kier alpha value is -0.573. The second-order valence-corrected chi connectivity index (χ2v) is 3.72. The van der Waals surface area contributed by atoms with Gasteiger partial charge in [-0.25, -0.2) is 0 Å². The average Bonchev–Trinajstić information content (AvgIpc) is 2.05. The van der Waals surface area contributed by atoms with Crippen LogP contribution >= 0.6 is 11.6 Å². The maximum atomic E-state index is 5.79. The van der Waals surface area contributed by atoms with E-state index < -0.39 is 0 Å². The van der Waals surface area contributed by atoms with Gasteiger partial charge in [0, 0.05) is 5.02 Å². The highest BCUT2D eigenvalue weighted by atomic mass is 35.5. The minimum Gasteiger partial charge on any atom is -0.408 e. The Morgan fingerprint density at radius 1 is 1.58 bits per heavy atom. The smallest absolute Gasteiger partial charge is 0.269 e. The Morgan fingerprint density at radius 2 is 2.42 bits per heavy atom. The van der Waals surface area contributed by atoms with E-state index in [1.807, 2.05) is 24.3 Å². The maximum Gasteiger partial charge on any atom is 0.269 e. The summed E-state index contributed by atoms with van der Waals surface area (Å²) in [4.78, 5) is 0. The van der Waals surface area contributed by atoms with E-state index in [1.54, 1.807) is 6.08 Å². The molecule has 12 heavy (non-hydrogen) atoms. The van der Waals surface area contributed by atoms with Crippen LogP contribution in [0.15, 0.2) is 36.9 Å². The molecule has 0 aliphatic rings. The van der Waals surface area contributed by atoms with Crippen LogP contribution < -0.4 is 5.19 Å². The number of rotatable bonds is 4. The van der Waals surface area contributed by atoms with Crippen LogP contribution in [-0.2, 0) is 4.43 Å². The number of hydrogen-bond donors (Lipinski definition) is 0. The molecule has 1 nitrogen and oxygen atoms in total. The van der Waals surface area contributed by atoms with Crippen molar-refractivity contribution >= 4 is 26.6 Å². The van der Waals surface area contributed by atoms with Gasteiger partial charge < -0.3 is 4.43 Å². The van der Waals surface area contributed by atoms with Gasteiger partial charge in [-0.3, -0.25) is 0 Å². The average molecular weight is 197 g/mol. The summed E-state index contributed by atoms with van der Waals surface area (Å²) in [5.74, 6) is 0. The Kier molecular flexibility index (Phi) is 4.08. The van der Waals surface area contributed by atoms with E-state index in [0.29, 0.717) is 16.4 Å². The normalized spacial score (nSPS) is 9.75. The quantitative estimate of drug-likeness (QED) is 0.405. The van der Waals surface area contributed by atoms with Crippen molar-refractivity contribution in [2.75, 3.05) is 6.61 Å². The molecule has 0 heterocycles. The SMILES string of the molecule is C=CCO[Si]c1cccc(Cl)c1. The Morgan fingerprint density at radius 3 is 3.08 bits per heavy atom. The van der Waals surface area contributed by atoms with Gasteiger partial charge in [0.2, 0.25) is 0 Å². The zero-order chi connectivity index (χ0) is 8.81. The van der Waals surface area contributed by atoms with Crippen LogP contribution in [0.4, 0.5) is 0 Å². The van der Waals surface area contributed by atoms with Gasteiger partial charge in [0.15, 0.2) is 0 Å². The maximum absolute atomic E-state index is 5.79. The van der Waals surface area contributed by atoms with Gasteiger partial charge >= 0.3 is 0 Å². The Labute approximate surface area is 80.0 Å². The number of hydrogen-bond acceptors (Lipinski definition) is 1. The molecule has 0 fully saturated rings. The lowest BCUT2D eigenvalue weighted by Gasteiger charge is -1.98. The van der Waals surface area contributed by atoms with Crippen LogP contribution in [0.3, 0.4) is 0 Å². The van der Waals surface area contributed by atoms with Crippen LogP contribution in [0.2, 0.25) is 5.02 Å². The van der Waals surface area contributed by atoms with Crippen molar-refractivity contribution < 1.29 is 4.43 Å². The van der Waals surface area contributed by atoms with Crippen LogP contribution in [0.5, 0.6) is 0 Å². The standard InChI is InChI=1S/C9H9ClOSi/c1-2-6-11-12-9-5-3-4-8(10)7-9/h2-5,7H,1,6H2. The topological polar surface area (TPSA) is 9.23 Å². The van der Waals surface area contributed by atoms with Crippen molar-refractivity contribution in [2.45, 2.75) is 0 Å². The van der Waals surface area contributed by atoms with Crippen LogP contribution in [0, 0.1) is 0 Å². The molecule has 0 saturated heterocycles. The van der Waals surface area contributed by atoms with Crippen LogP contribution in [0.1, 0.15) is 0 Å². The van der Waals surface area contributed by atoms with Crippen molar-refractivity contribution in [2.24, 2.45) is 0 Å². The van der Waals surface area contributed by atoms with Crippen molar-refractivity contribution in [1.29, 1.82) is 0 Å². The van der Waals surface area contributed by atoms with Crippen LogP contribution in [0.25, 0.3) is 0 Å². The molecule has 0 saturated carbocycles. The summed E-state index contributed by atoms with van der Waals surface area (Å²) in [6, 6.07) is 7.67. The molecule has 0 aliphatic heterocycles. The van der Waals surface area contributed by atoms with E-state index in [1.165, 1.54) is 0 Å². The highest BCUT2D eigenvalue weighted by Crippen LogP contribution is 2.02. The first kappa shape index (κ1) is 9.51. The van der Waals surface area contributed by atoms with Crippen molar-refractivity contribution in [3.8, 4) is 0 Å². The summed E-state index contributed by atoms with van der Waals surface area (Å²) in [6.07, 6.45) is 1.73. The summed E-state index contributed by atoms with van der Waals surface area (Å²) in [7, 11) is 0.352. The summed E-state index contributed by atoms with van der Waals surface area (Å²) in [5.41, 5.74) is 0. The highest BCUT2D eigenvalue weighted by Gasteiger charge is 1.95. The molecule has 0 atom stereocenters. The molecule has 1 rings (SSSR count). The summed E-state index contributed by atoms with van der Waals surface area (Å²) in [5, 5.41) is 1.87. The molecule has 0 aromatic heterocycles. The number of halogens is 1. The molecule has 1 aromatic carbocycles. The van der Waals surface area contributed by atoms with Gasteiger partial charge in [0.25, 0.3) is 9.76 Å². The zero-order valence-electron chi connectivity index (χ0n) is 6.59.